The number of halogens is 2. The first-order valence-electron chi connectivity index (χ1n) is 13.6. The maximum absolute atomic E-state index is 15.0. The highest BCUT2D eigenvalue weighted by Crippen LogP contribution is 2.31. The van der Waals surface area contributed by atoms with Crippen LogP contribution in [0.15, 0.2) is 30.5 Å². The number of pyridine rings is 1. The lowest BCUT2D eigenvalue weighted by Gasteiger charge is -2.30. The van der Waals surface area contributed by atoms with Gasteiger partial charge in [-0.05, 0) is 70.5 Å². The second-order valence-corrected chi connectivity index (χ2v) is 11.2. The molecule has 1 unspecified atom stereocenters. The van der Waals surface area contributed by atoms with Crippen molar-refractivity contribution in [3.8, 4) is 11.3 Å². The molecule has 1 atom stereocenters. The molecule has 0 amide bonds. The maximum atomic E-state index is 15.0. The lowest BCUT2D eigenvalue weighted by atomic mass is 10.0. The van der Waals surface area contributed by atoms with Crippen LogP contribution in [0.1, 0.15) is 43.4 Å². The van der Waals surface area contributed by atoms with Gasteiger partial charge in [0.25, 0.3) is 0 Å². The molecule has 4 aromatic rings. The van der Waals surface area contributed by atoms with Crippen molar-refractivity contribution in [2.75, 3.05) is 38.5 Å². The summed E-state index contributed by atoms with van der Waals surface area (Å²) in [4.78, 5) is 22.6. The zero-order valence-corrected chi connectivity index (χ0v) is 22.9. The van der Waals surface area contributed by atoms with E-state index >= 15 is 4.39 Å². The van der Waals surface area contributed by atoms with Crippen LogP contribution in [-0.4, -0.2) is 67.5 Å². The number of aryl methyl sites for hydroxylation is 1. The van der Waals surface area contributed by atoms with Gasteiger partial charge in [0, 0.05) is 49.9 Å². The monoisotopic (exact) mass is 532 g/mol. The topological polar surface area (TPSA) is 75.0 Å². The van der Waals surface area contributed by atoms with E-state index in [4.69, 9.17) is 4.98 Å². The first kappa shape index (κ1) is 25.8. The average Bonchev–Trinajstić information content (AvgIpc) is 3.47. The molecule has 1 fully saturated rings. The largest absolute Gasteiger partial charge is 0.326 e. The summed E-state index contributed by atoms with van der Waals surface area (Å²) in [7, 11) is 2.19. The molecule has 0 saturated carbocycles. The summed E-state index contributed by atoms with van der Waals surface area (Å²) in [6.45, 7) is 11.2. The number of hydrogen-bond donors (Lipinski definition) is 1. The van der Waals surface area contributed by atoms with Crippen LogP contribution < -0.4 is 5.32 Å². The van der Waals surface area contributed by atoms with Gasteiger partial charge in [-0.1, -0.05) is 6.07 Å². The third-order valence-electron chi connectivity index (χ3n) is 7.83. The van der Waals surface area contributed by atoms with E-state index in [1.807, 2.05) is 31.4 Å². The minimum atomic E-state index is -0.626. The molecule has 1 N–H and O–H groups in total. The number of rotatable bonds is 6. The van der Waals surface area contributed by atoms with E-state index < -0.39 is 11.6 Å². The molecule has 0 aliphatic carbocycles. The third kappa shape index (κ3) is 5.10. The predicted molar refractivity (Wildman–Crippen MR) is 148 cm³/mol. The molecule has 3 aromatic heterocycles. The Morgan fingerprint density at radius 3 is 2.69 bits per heavy atom. The molecular weight excluding hydrogens is 498 g/mol. The Kier molecular flexibility index (Phi) is 6.76. The summed E-state index contributed by atoms with van der Waals surface area (Å²) in [6.07, 6.45) is 3.25. The Labute approximate surface area is 227 Å². The minimum absolute atomic E-state index is 0.0219. The lowest BCUT2D eigenvalue weighted by Crippen LogP contribution is -2.35. The van der Waals surface area contributed by atoms with Gasteiger partial charge in [0.05, 0.1) is 11.7 Å². The van der Waals surface area contributed by atoms with Gasteiger partial charge in [0.1, 0.15) is 22.9 Å². The van der Waals surface area contributed by atoms with Gasteiger partial charge in [-0.15, -0.1) is 0 Å². The van der Waals surface area contributed by atoms with Crippen LogP contribution in [0.4, 0.5) is 20.5 Å². The maximum Gasteiger partial charge on any atom is 0.229 e. The van der Waals surface area contributed by atoms with Crippen LogP contribution in [0.3, 0.4) is 0 Å². The number of nitrogens with one attached hydrogen (secondary N) is 1. The highest BCUT2D eigenvalue weighted by atomic mass is 19.1. The van der Waals surface area contributed by atoms with Crippen molar-refractivity contribution in [3.63, 3.8) is 0 Å². The van der Waals surface area contributed by atoms with Crippen LogP contribution >= 0.6 is 0 Å². The molecule has 1 saturated heterocycles. The van der Waals surface area contributed by atoms with Crippen LogP contribution in [0.5, 0.6) is 0 Å². The van der Waals surface area contributed by atoms with Crippen molar-refractivity contribution in [2.45, 2.75) is 46.2 Å². The Bertz CT molecular complexity index is 1530. The number of hydrogen-bond acceptors (Lipinski definition) is 7. The Morgan fingerprint density at radius 2 is 1.92 bits per heavy atom. The van der Waals surface area contributed by atoms with Gasteiger partial charge in [-0.3, -0.25) is 4.90 Å². The molecule has 204 valence electrons. The van der Waals surface area contributed by atoms with E-state index in [0.29, 0.717) is 22.7 Å². The highest BCUT2D eigenvalue weighted by Gasteiger charge is 2.25. The van der Waals surface area contributed by atoms with Gasteiger partial charge in [0.15, 0.2) is 11.6 Å². The number of anilines is 2. The molecule has 2 aliphatic rings. The number of nitrogens with zero attached hydrogens (tertiary/aromatic N) is 7. The van der Waals surface area contributed by atoms with Crippen molar-refractivity contribution in [2.24, 2.45) is 5.92 Å². The summed E-state index contributed by atoms with van der Waals surface area (Å²) in [6, 6.07) is 7.10. The quantitative estimate of drug-likeness (QED) is 0.370. The zero-order chi connectivity index (χ0) is 27.3. The number of fused-ring (bicyclic) bond motifs is 2. The molecule has 0 radical (unpaired) electrons. The van der Waals surface area contributed by atoms with Gasteiger partial charge >= 0.3 is 0 Å². The van der Waals surface area contributed by atoms with Gasteiger partial charge in [-0.2, -0.15) is 0 Å². The molecule has 0 spiro atoms. The summed E-state index contributed by atoms with van der Waals surface area (Å²) in [5.74, 6) is 1.11. The average molecular weight is 533 g/mol. The van der Waals surface area contributed by atoms with E-state index in [0.717, 1.165) is 43.9 Å². The second kappa shape index (κ2) is 10.2. The van der Waals surface area contributed by atoms with Crippen LogP contribution in [0.2, 0.25) is 0 Å². The van der Waals surface area contributed by atoms with Crippen molar-refractivity contribution >= 4 is 22.8 Å². The third-order valence-corrected chi connectivity index (χ3v) is 7.83. The Morgan fingerprint density at radius 1 is 1.08 bits per heavy atom. The van der Waals surface area contributed by atoms with E-state index in [9.17, 15) is 4.39 Å². The first-order chi connectivity index (χ1) is 18.7. The first-order valence-corrected chi connectivity index (χ1v) is 13.6. The van der Waals surface area contributed by atoms with Crippen LogP contribution in [-0.2, 0) is 13.0 Å². The van der Waals surface area contributed by atoms with Crippen molar-refractivity contribution < 1.29 is 8.78 Å². The lowest BCUT2D eigenvalue weighted by molar-refractivity contribution is 0.212. The second-order valence-electron chi connectivity index (χ2n) is 11.2. The van der Waals surface area contributed by atoms with Crippen molar-refractivity contribution in [1.82, 2.24) is 34.3 Å². The van der Waals surface area contributed by atoms with Gasteiger partial charge in [0.2, 0.25) is 5.95 Å². The fourth-order valence-corrected chi connectivity index (χ4v) is 6.04. The highest BCUT2D eigenvalue weighted by molar-refractivity contribution is 5.83. The van der Waals surface area contributed by atoms with E-state index in [-0.39, 0.29) is 23.2 Å². The van der Waals surface area contributed by atoms with E-state index in [2.05, 4.69) is 43.2 Å². The summed E-state index contributed by atoms with van der Waals surface area (Å²) in [5, 5.41) is 3.12. The molecule has 10 heteroatoms. The number of benzene rings is 1. The van der Waals surface area contributed by atoms with Crippen LogP contribution in [0, 0.1) is 24.5 Å². The molecule has 0 bridgehead atoms. The zero-order valence-electron chi connectivity index (χ0n) is 22.9. The SMILES string of the molecule is Cc1nc2c(F)cc(-c3nc(Nc4ccc5c(n4)CCN(CC4CCN(C)C4)C5)ncc3F)cc2n1C(C)C. The smallest absolute Gasteiger partial charge is 0.229 e. The number of imidazole rings is 1. The van der Waals surface area contributed by atoms with Crippen molar-refractivity contribution in [3.05, 3.63) is 59.2 Å². The molecule has 6 rings (SSSR count). The Balaban J connectivity index is 1.23. The van der Waals surface area contributed by atoms with E-state index in [1.165, 1.54) is 31.1 Å². The normalized spacial score (nSPS) is 18.3. The number of likely N-dealkylation sites (tertiary alicyclic amines) is 1. The fraction of sp³-hybridized carbons (Fsp3) is 0.448. The molecular formula is C29H34F2N8. The molecule has 39 heavy (non-hydrogen) atoms. The molecule has 1 aromatic carbocycles. The Hall–Kier alpha value is -3.50. The summed E-state index contributed by atoms with van der Waals surface area (Å²) >= 11 is 0. The van der Waals surface area contributed by atoms with E-state index in [1.54, 1.807) is 6.07 Å². The predicted octanol–water partition coefficient (Wildman–Crippen LogP) is 5.11. The van der Waals surface area contributed by atoms with Gasteiger partial charge in [-0.25, -0.2) is 28.7 Å². The summed E-state index contributed by atoms with van der Waals surface area (Å²) in [5.41, 5.74) is 3.53. The fourth-order valence-electron chi connectivity index (χ4n) is 6.04. The minimum Gasteiger partial charge on any atom is -0.326 e. The van der Waals surface area contributed by atoms with Gasteiger partial charge < -0.3 is 14.8 Å². The molecule has 8 nitrogen and oxygen atoms in total. The molecule has 2 aliphatic heterocycles. The standard InChI is InChI=1S/C29H34F2N8/c1-17(2)39-18(3)33-28-22(30)11-21(12-25(28)39)27-23(31)13-32-29(36-27)35-26-6-5-20-16-38(10-8-24(20)34-26)15-19-7-9-37(4)14-19/h5-6,11-13,17,19H,7-10,14-16H2,1-4H3,(H,32,34,35,36). The number of aromatic nitrogens is 5. The van der Waals surface area contributed by atoms with Crippen molar-refractivity contribution in [1.29, 1.82) is 0 Å². The molecule has 5 heterocycles. The van der Waals surface area contributed by atoms with Crippen LogP contribution in [0.25, 0.3) is 22.3 Å². The summed E-state index contributed by atoms with van der Waals surface area (Å²) < 4.78 is 31.8.